The van der Waals surface area contributed by atoms with Gasteiger partial charge in [-0.05, 0) is 12.1 Å². The van der Waals surface area contributed by atoms with E-state index in [1.165, 1.54) is 0 Å². The van der Waals surface area contributed by atoms with Crippen molar-refractivity contribution in [2.24, 2.45) is 5.84 Å². The first kappa shape index (κ1) is 15.0. The lowest BCUT2D eigenvalue weighted by Gasteiger charge is -2.07. The van der Waals surface area contributed by atoms with Crippen LogP contribution in [0.4, 0.5) is 5.69 Å². The van der Waals surface area contributed by atoms with Gasteiger partial charge in [-0.15, -0.1) is 0 Å². The second-order valence-corrected chi connectivity index (χ2v) is 2.98. The van der Waals surface area contributed by atoms with Crippen LogP contribution in [0.5, 0.6) is 5.75 Å². The van der Waals surface area contributed by atoms with Gasteiger partial charge in [-0.25, -0.2) is 9.59 Å². The molecule has 0 amide bonds. The number of halogens is 1. The summed E-state index contributed by atoms with van der Waals surface area (Å²) in [6.45, 7) is 0. The van der Waals surface area contributed by atoms with Crippen LogP contribution in [0, 0.1) is 0 Å². The first-order chi connectivity index (χ1) is 7.93. The molecule has 1 rings (SSSR count). The summed E-state index contributed by atoms with van der Waals surface area (Å²) in [5.41, 5.74) is 3.07. The Bertz CT molecular complexity index is 398. The van der Waals surface area contributed by atoms with Crippen molar-refractivity contribution in [3.05, 3.63) is 23.2 Å². The molecule has 0 fully saturated rings. The van der Waals surface area contributed by atoms with Crippen LogP contribution in [-0.2, 0) is 9.59 Å². The summed E-state index contributed by atoms with van der Waals surface area (Å²) < 4.78 is 4.99. The largest absolute Gasteiger partial charge is 0.494 e. The molecule has 0 aromatic heterocycles. The van der Waals surface area contributed by atoms with E-state index in [1.807, 2.05) is 0 Å². The molecule has 0 radical (unpaired) electrons. The molecule has 17 heavy (non-hydrogen) atoms. The van der Waals surface area contributed by atoms with Crippen LogP contribution in [0.15, 0.2) is 18.2 Å². The maximum absolute atomic E-state index is 9.10. The van der Waals surface area contributed by atoms with Gasteiger partial charge < -0.3 is 20.4 Å². The Labute approximate surface area is 102 Å². The molecule has 0 atom stereocenters. The highest BCUT2D eigenvalue weighted by molar-refractivity contribution is 6.33. The first-order valence-electron chi connectivity index (χ1n) is 4.19. The molecule has 94 valence electrons. The van der Waals surface area contributed by atoms with Crippen LogP contribution in [-0.4, -0.2) is 29.3 Å². The number of anilines is 1. The molecule has 0 spiro atoms. The fourth-order valence-corrected chi connectivity index (χ4v) is 1.03. The lowest BCUT2D eigenvalue weighted by Crippen LogP contribution is -2.09. The maximum Gasteiger partial charge on any atom is 0.414 e. The number of hydrogen-bond donors (Lipinski definition) is 4. The van der Waals surface area contributed by atoms with Gasteiger partial charge in [0.05, 0.1) is 12.1 Å². The normalized spacial score (nSPS) is 8.65. The second-order valence-electron chi connectivity index (χ2n) is 2.57. The summed E-state index contributed by atoms with van der Waals surface area (Å²) >= 11 is 5.79. The number of benzene rings is 1. The molecule has 5 N–H and O–H groups in total. The number of carboxylic acid groups (broad SMARTS) is 2. The summed E-state index contributed by atoms with van der Waals surface area (Å²) in [5, 5.41) is 15.3. The first-order valence-corrected chi connectivity index (χ1v) is 4.57. The van der Waals surface area contributed by atoms with Crippen LogP contribution in [0.25, 0.3) is 0 Å². The minimum absolute atomic E-state index is 0.548. The Hall–Kier alpha value is -1.99. The third-order valence-electron chi connectivity index (χ3n) is 1.52. The fourth-order valence-electron chi connectivity index (χ4n) is 0.815. The molecule has 0 saturated heterocycles. The predicted molar refractivity (Wildman–Crippen MR) is 61.1 cm³/mol. The van der Waals surface area contributed by atoms with Gasteiger partial charge in [-0.3, -0.25) is 5.84 Å². The van der Waals surface area contributed by atoms with Crippen LogP contribution in [0.3, 0.4) is 0 Å². The Morgan fingerprint density at radius 2 is 1.88 bits per heavy atom. The van der Waals surface area contributed by atoms with Crippen LogP contribution in [0.1, 0.15) is 0 Å². The quantitative estimate of drug-likeness (QED) is 0.353. The van der Waals surface area contributed by atoms with Gasteiger partial charge in [0.1, 0.15) is 11.4 Å². The predicted octanol–water partition coefficient (Wildman–Crippen LogP) is 0.790. The molecule has 0 aliphatic heterocycles. The van der Waals surface area contributed by atoms with Gasteiger partial charge in [-0.1, -0.05) is 17.7 Å². The molecule has 8 heteroatoms. The number of rotatable bonds is 2. The zero-order valence-electron chi connectivity index (χ0n) is 8.81. The molecule has 0 heterocycles. The van der Waals surface area contributed by atoms with Gasteiger partial charge in [-0.2, -0.15) is 0 Å². The lowest BCUT2D eigenvalue weighted by atomic mass is 10.3. The van der Waals surface area contributed by atoms with Crippen LogP contribution in [0.2, 0.25) is 5.02 Å². The minimum Gasteiger partial charge on any atom is -0.494 e. The number of hydrogen-bond acceptors (Lipinski definition) is 5. The van der Waals surface area contributed by atoms with Crippen molar-refractivity contribution < 1.29 is 24.5 Å². The van der Waals surface area contributed by atoms with E-state index in [9.17, 15) is 0 Å². The molecule has 0 aliphatic carbocycles. The van der Waals surface area contributed by atoms with E-state index in [0.29, 0.717) is 16.5 Å². The van der Waals surface area contributed by atoms with Crippen LogP contribution >= 0.6 is 11.6 Å². The highest BCUT2D eigenvalue weighted by Crippen LogP contribution is 2.30. The van der Waals surface area contributed by atoms with E-state index >= 15 is 0 Å². The number of carboxylic acids is 2. The molecule has 0 unspecified atom stereocenters. The number of nitrogen functional groups attached to an aromatic ring is 1. The molecule has 7 nitrogen and oxygen atoms in total. The van der Waals surface area contributed by atoms with Crippen molar-refractivity contribution in [1.82, 2.24) is 0 Å². The van der Waals surface area contributed by atoms with E-state index in [4.69, 9.17) is 42.0 Å². The van der Waals surface area contributed by atoms with E-state index in [0.717, 1.165) is 0 Å². The van der Waals surface area contributed by atoms with Crippen molar-refractivity contribution >= 4 is 29.2 Å². The SMILES string of the molecule is COc1cccc(Cl)c1NN.O=C(O)C(=O)O. The maximum atomic E-state index is 9.10. The third-order valence-corrected chi connectivity index (χ3v) is 1.84. The zero-order chi connectivity index (χ0) is 13.4. The number of nitrogens with two attached hydrogens (primary N) is 1. The monoisotopic (exact) mass is 262 g/mol. The third kappa shape index (κ3) is 5.05. The lowest BCUT2D eigenvalue weighted by molar-refractivity contribution is -0.159. The summed E-state index contributed by atoms with van der Waals surface area (Å²) in [5.74, 6) is 2.20. The number of para-hydroxylation sites is 1. The summed E-state index contributed by atoms with van der Waals surface area (Å²) in [4.78, 5) is 18.2. The average molecular weight is 263 g/mol. The molecule has 1 aromatic rings. The number of carbonyl (C=O) groups is 2. The van der Waals surface area contributed by atoms with Crippen LogP contribution < -0.4 is 16.0 Å². The second kappa shape index (κ2) is 7.31. The highest BCUT2D eigenvalue weighted by atomic mass is 35.5. The van der Waals surface area contributed by atoms with Crippen molar-refractivity contribution in [2.45, 2.75) is 0 Å². The standard InChI is InChI=1S/C7H9ClN2O.C2H2O4/c1-11-6-4-2-3-5(8)7(6)10-9;3-1(4)2(5)6/h2-4,10H,9H2,1H3;(H,3,4)(H,5,6). The Morgan fingerprint density at radius 3 is 2.18 bits per heavy atom. The summed E-state index contributed by atoms with van der Waals surface area (Å²) in [6, 6.07) is 5.31. The van der Waals surface area contributed by atoms with Crippen molar-refractivity contribution in [1.29, 1.82) is 0 Å². The molecule has 1 aromatic carbocycles. The van der Waals surface area contributed by atoms with E-state index in [-0.39, 0.29) is 0 Å². The zero-order valence-corrected chi connectivity index (χ0v) is 9.56. The average Bonchev–Trinajstić information content (AvgIpc) is 2.29. The number of methoxy groups -OCH3 is 1. The fraction of sp³-hybridized carbons (Fsp3) is 0.111. The number of nitrogens with one attached hydrogen (secondary N) is 1. The smallest absolute Gasteiger partial charge is 0.414 e. The molecule has 0 bridgehead atoms. The minimum atomic E-state index is -1.82. The van der Waals surface area contributed by atoms with Gasteiger partial charge >= 0.3 is 11.9 Å². The Balaban J connectivity index is 0.000000366. The molecular weight excluding hydrogens is 252 g/mol. The number of ether oxygens (including phenoxy) is 1. The molecule has 0 saturated carbocycles. The van der Waals surface area contributed by atoms with E-state index in [2.05, 4.69) is 5.43 Å². The van der Waals surface area contributed by atoms with E-state index in [1.54, 1.807) is 25.3 Å². The summed E-state index contributed by atoms with van der Waals surface area (Å²) in [7, 11) is 1.56. The summed E-state index contributed by atoms with van der Waals surface area (Å²) in [6.07, 6.45) is 0. The number of hydrazine groups is 1. The number of aliphatic carboxylic acids is 2. The topological polar surface area (TPSA) is 122 Å². The Kier molecular flexibility index (Phi) is 6.46. The van der Waals surface area contributed by atoms with Gasteiger partial charge in [0.25, 0.3) is 0 Å². The Morgan fingerprint density at radius 1 is 1.35 bits per heavy atom. The van der Waals surface area contributed by atoms with Crippen molar-refractivity contribution in [3.8, 4) is 5.75 Å². The van der Waals surface area contributed by atoms with Gasteiger partial charge in [0.15, 0.2) is 0 Å². The van der Waals surface area contributed by atoms with Crippen molar-refractivity contribution in [2.75, 3.05) is 12.5 Å². The highest BCUT2D eigenvalue weighted by Gasteiger charge is 2.04. The van der Waals surface area contributed by atoms with Gasteiger partial charge in [0.2, 0.25) is 0 Å². The van der Waals surface area contributed by atoms with E-state index < -0.39 is 11.9 Å². The molecule has 0 aliphatic rings. The molecular formula is C9H11ClN2O5. The van der Waals surface area contributed by atoms with Crippen molar-refractivity contribution in [3.63, 3.8) is 0 Å². The van der Waals surface area contributed by atoms with Gasteiger partial charge in [0, 0.05) is 0 Å².